The first-order valence-electron chi connectivity index (χ1n) is 12.3. The fraction of sp³-hybridized carbons (Fsp3) is 0.129. The summed E-state index contributed by atoms with van der Waals surface area (Å²) >= 11 is 0. The standard InChI is InChI=1S/C31H30N4O3/c1-21-8-6-11-24(18-21)31(38)35-27-16-14-26(15-17-27)34-29(36)20-32-28-13-7-12-25(19-28)30(37)33-22(2)23-9-4-3-5-10-23/h3-19,22,32H,20H2,1-2H3,(H,33,37)(H,34,36)(H,35,38). The van der Waals surface area contributed by atoms with Crippen molar-refractivity contribution in [3.05, 3.63) is 125 Å². The van der Waals surface area contributed by atoms with Crippen molar-refractivity contribution in [1.29, 1.82) is 0 Å². The van der Waals surface area contributed by atoms with Gasteiger partial charge in [0.1, 0.15) is 0 Å². The van der Waals surface area contributed by atoms with Crippen LogP contribution < -0.4 is 21.3 Å². The number of hydrogen-bond donors (Lipinski definition) is 4. The average Bonchev–Trinajstić information content (AvgIpc) is 2.93. The van der Waals surface area contributed by atoms with Gasteiger partial charge >= 0.3 is 0 Å². The van der Waals surface area contributed by atoms with E-state index in [-0.39, 0.29) is 30.3 Å². The molecule has 0 saturated heterocycles. The van der Waals surface area contributed by atoms with Crippen molar-refractivity contribution in [2.24, 2.45) is 0 Å². The summed E-state index contributed by atoms with van der Waals surface area (Å²) in [6.45, 7) is 3.89. The van der Waals surface area contributed by atoms with Crippen LogP contribution in [0.15, 0.2) is 103 Å². The summed E-state index contributed by atoms with van der Waals surface area (Å²) in [6, 6.07) is 30.9. The maximum absolute atomic E-state index is 12.7. The number of hydrogen-bond acceptors (Lipinski definition) is 4. The van der Waals surface area contributed by atoms with Gasteiger partial charge in [-0.25, -0.2) is 0 Å². The van der Waals surface area contributed by atoms with Crippen molar-refractivity contribution in [2.45, 2.75) is 19.9 Å². The summed E-state index contributed by atoms with van der Waals surface area (Å²) in [5.41, 5.74) is 5.01. The van der Waals surface area contributed by atoms with Gasteiger partial charge in [0, 0.05) is 28.2 Å². The minimum atomic E-state index is -0.242. The second kappa shape index (κ2) is 12.4. The monoisotopic (exact) mass is 506 g/mol. The Kier molecular flexibility index (Phi) is 8.51. The summed E-state index contributed by atoms with van der Waals surface area (Å²) in [6.07, 6.45) is 0. The number of carbonyl (C=O) groups excluding carboxylic acids is 3. The van der Waals surface area contributed by atoms with Crippen molar-refractivity contribution >= 4 is 34.8 Å². The lowest BCUT2D eigenvalue weighted by molar-refractivity contribution is -0.114. The SMILES string of the molecule is Cc1cccc(C(=O)Nc2ccc(NC(=O)CNc3cccc(C(=O)NC(C)c4ccccc4)c3)cc2)c1. The number of aryl methyl sites for hydroxylation is 1. The first kappa shape index (κ1) is 26.2. The Morgan fingerprint density at radius 3 is 1.97 bits per heavy atom. The highest BCUT2D eigenvalue weighted by molar-refractivity contribution is 6.04. The molecule has 7 nitrogen and oxygen atoms in total. The first-order valence-corrected chi connectivity index (χ1v) is 12.3. The molecule has 0 aliphatic heterocycles. The molecule has 7 heteroatoms. The fourth-order valence-corrected chi connectivity index (χ4v) is 3.89. The van der Waals surface area contributed by atoms with Crippen LogP contribution in [0.5, 0.6) is 0 Å². The molecule has 4 aromatic rings. The van der Waals surface area contributed by atoms with Gasteiger partial charge in [0.2, 0.25) is 5.91 Å². The lowest BCUT2D eigenvalue weighted by Crippen LogP contribution is -2.26. The zero-order chi connectivity index (χ0) is 26.9. The van der Waals surface area contributed by atoms with Gasteiger partial charge in [-0.15, -0.1) is 0 Å². The summed E-state index contributed by atoms with van der Waals surface area (Å²) in [5.74, 6) is -0.627. The number of amides is 3. The lowest BCUT2D eigenvalue weighted by Gasteiger charge is -2.15. The van der Waals surface area contributed by atoms with Crippen LogP contribution in [-0.4, -0.2) is 24.3 Å². The lowest BCUT2D eigenvalue weighted by atomic mass is 10.1. The van der Waals surface area contributed by atoms with E-state index in [1.807, 2.05) is 62.4 Å². The van der Waals surface area contributed by atoms with E-state index in [0.717, 1.165) is 11.1 Å². The smallest absolute Gasteiger partial charge is 0.255 e. The molecule has 1 unspecified atom stereocenters. The Labute approximate surface area is 222 Å². The van der Waals surface area contributed by atoms with Gasteiger partial charge in [-0.1, -0.05) is 54.1 Å². The summed E-state index contributed by atoms with van der Waals surface area (Å²) in [4.78, 5) is 37.6. The van der Waals surface area contributed by atoms with E-state index in [0.29, 0.717) is 28.2 Å². The van der Waals surface area contributed by atoms with Gasteiger partial charge in [0.05, 0.1) is 12.6 Å². The number of anilines is 3. The van der Waals surface area contributed by atoms with E-state index in [2.05, 4.69) is 21.3 Å². The molecule has 38 heavy (non-hydrogen) atoms. The molecule has 0 radical (unpaired) electrons. The summed E-state index contributed by atoms with van der Waals surface area (Å²) < 4.78 is 0. The molecule has 192 valence electrons. The van der Waals surface area contributed by atoms with Crippen molar-refractivity contribution in [3.8, 4) is 0 Å². The molecule has 0 saturated carbocycles. The highest BCUT2D eigenvalue weighted by Crippen LogP contribution is 2.17. The minimum Gasteiger partial charge on any atom is -0.376 e. The minimum absolute atomic E-state index is 0.0251. The van der Waals surface area contributed by atoms with Gasteiger partial charge < -0.3 is 21.3 Å². The average molecular weight is 507 g/mol. The van der Waals surface area contributed by atoms with Gasteiger partial charge in [-0.3, -0.25) is 14.4 Å². The summed E-state index contributed by atoms with van der Waals surface area (Å²) in [5, 5.41) is 11.7. The third kappa shape index (κ3) is 7.30. The number of nitrogens with one attached hydrogen (secondary N) is 4. The predicted molar refractivity (Wildman–Crippen MR) is 151 cm³/mol. The van der Waals surface area contributed by atoms with E-state index in [4.69, 9.17) is 0 Å². The van der Waals surface area contributed by atoms with Crippen molar-refractivity contribution in [3.63, 3.8) is 0 Å². The second-order valence-corrected chi connectivity index (χ2v) is 8.99. The molecule has 0 aliphatic rings. The molecule has 0 fully saturated rings. The van der Waals surface area contributed by atoms with Crippen LogP contribution in [0.4, 0.5) is 17.1 Å². The van der Waals surface area contributed by atoms with Gasteiger partial charge in [-0.05, 0) is 74.0 Å². The molecule has 0 aromatic heterocycles. The van der Waals surface area contributed by atoms with E-state index < -0.39 is 0 Å². The van der Waals surface area contributed by atoms with Crippen LogP contribution in [0.1, 0.15) is 44.8 Å². The Morgan fingerprint density at radius 1 is 0.658 bits per heavy atom. The Morgan fingerprint density at radius 2 is 1.29 bits per heavy atom. The molecular formula is C31H30N4O3. The highest BCUT2D eigenvalue weighted by Gasteiger charge is 2.12. The molecule has 0 aliphatic carbocycles. The van der Waals surface area contributed by atoms with Crippen LogP contribution in [0.25, 0.3) is 0 Å². The van der Waals surface area contributed by atoms with Gasteiger partial charge in [0.15, 0.2) is 0 Å². The Bertz CT molecular complexity index is 1420. The molecule has 0 heterocycles. The van der Waals surface area contributed by atoms with Crippen molar-refractivity contribution < 1.29 is 14.4 Å². The first-order chi connectivity index (χ1) is 18.4. The van der Waals surface area contributed by atoms with Crippen LogP contribution in [-0.2, 0) is 4.79 Å². The highest BCUT2D eigenvalue weighted by atomic mass is 16.2. The largest absolute Gasteiger partial charge is 0.376 e. The molecule has 4 N–H and O–H groups in total. The van der Waals surface area contributed by atoms with E-state index in [1.165, 1.54) is 0 Å². The van der Waals surface area contributed by atoms with Gasteiger partial charge in [0.25, 0.3) is 11.8 Å². The second-order valence-electron chi connectivity index (χ2n) is 8.99. The van der Waals surface area contributed by atoms with Crippen LogP contribution in [0.3, 0.4) is 0 Å². The summed E-state index contributed by atoms with van der Waals surface area (Å²) in [7, 11) is 0. The predicted octanol–water partition coefficient (Wildman–Crippen LogP) is 5.79. The van der Waals surface area contributed by atoms with Crippen molar-refractivity contribution in [1.82, 2.24) is 5.32 Å². The zero-order valence-electron chi connectivity index (χ0n) is 21.3. The number of carbonyl (C=O) groups is 3. The zero-order valence-corrected chi connectivity index (χ0v) is 21.3. The maximum atomic E-state index is 12.7. The normalized spacial score (nSPS) is 11.2. The van der Waals surface area contributed by atoms with E-state index in [1.54, 1.807) is 54.6 Å². The molecule has 1 atom stereocenters. The molecule has 4 aromatic carbocycles. The van der Waals surface area contributed by atoms with Crippen molar-refractivity contribution in [2.75, 3.05) is 22.5 Å². The van der Waals surface area contributed by atoms with Gasteiger partial charge in [-0.2, -0.15) is 0 Å². The van der Waals surface area contributed by atoms with E-state index >= 15 is 0 Å². The Hall–Kier alpha value is -4.91. The molecule has 3 amide bonds. The van der Waals surface area contributed by atoms with Crippen LogP contribution >= 0.6 is 0 Å². The third-order valence-electron chi connectivity index (χ3n) is 5.93. The fourth-order valence-electron chi connectivity index (χ4n) is 3.89. The topological polar surface area (TPSA) is 99.3 Å². The number of rotatable bonds is 9. The third-order valence-corrected chi connectivity index (χ3v) is 5.93. The number of benzene rings is 4. The molecule has 0 bridgehead atoms. The van der Waals surface area contributed by atoms with E-state index in [9.17, 15) is 14.4 Å². The van der Waals surface area contributed by atoms with Crippen LogP contribution in [0, 0.1) is 6.92 Å². The van der Waals surface area contributed by atoms with Crippen LogP contribution in [0.2, 0.25) is 0 Å². The quantitative estimate of drug-likeness (QED) is 0.231. The maximum Gasteiger partial charge on any atom is 0.255 e. The molecule has 4 rings (SSSR count). The molecule has 0 spiro atoms. The Balaban J connectivity index is 1.26. The molecular weight excluding hydrogens is 476 g/mol.